The number of hydrogen-bond donors (Lipinski definition) is 0. The third kappa shape index (κ3) is 1.41. The molecule has 1 heterocycles. The summed E-state index contributed by atoms with van der Waals surface area (Å²) in [5.74, 6) is 0. The molecule has 1 aliphatic heterocycles. The zero-order chi connectivity index (χ0) is 10.3. The molecule has 78 valence electrons. The van der Waals surface area contributed by atoms with Crippen LogP contribution in [0.15, 0.2) is 30.6 Å². The monoisotopic (exact) mass is 200 g/mol. The molecule has 2 heteroatoms. The van der Waals surface area contributed by atoms with Gasteiger partial charge in [0, 0.05) is 25.1 Å². The normalized spacial score (nSPS) is 18.7. The third-order valence-corrected chi connectivity index (χ3v) is 3.31. The molecule has 1 aromatic carbocycles. The van der Waals surface area contributed by atoms with Crippen molar-refractivity contribution in [3.8, 4) is 0 Å². The predicted molar refractivity (Wildman–Crippen MR) is 62.7 cm³/mol. The molecule has 3 rings (SSSR count). The second-order valence-electron chi connectivity index (χ2n) is 4.43. The van der Waals surface area contributed by atoms with Crippen LogP contribution in [0.5, 0.6) is 0 Å². The SMILES string of the molecule is CN1C=CN(c2cccc3c2CCC3)C1. The molecule has 2 nitrogen and oxygen atoms in total. The Morgan fingerprint density at radius 3 is 2.87 bits per heavy atom. The summed E-state index contributed by atoms with van der Waals surface area (Å²) < 4.78 is 0. The van der Waals surface area contributed by atoms with E-state index in [1.54, 1.807) is 11.1 Å². The largest absolute Gasteiger partial charge is 0.361 e. The van der Waals surface area contributed by atoms with E-state index in [-0.39, 0.29) is 0 Å². The Bertz CT molecular complexity index is 409. The molecule has 0 saturated carbocycles. The van der Waals surface area contributed by atoms with Gasteiger partial charge in [-0.1, -0.05) is 12.1 Å². The average molecular weight is 200 g/mol. The van der Waals surface area contributed by atoms with Crippen LogP contribution < -0.4 is 4.90 Å². The van der Waals surface area contributed by atoms with Crippen LogP contribution >= 0.6 is 0 Å². The van der Waals surface area contributed by atoms with Gasteiger partial charge in [-0.15, -0.1) is 0 Å². The number of benzene rings is 1. The molecular formula is C13H16N2. The lowest BCUT2D eigenvalue weighted by atomic mass is 10.1. The standard InChI is InChI=1S/C13H16N2/c1-14-8-9-15(10-14)13-7-3-5-11-4-2-6-12(11)13/h3,5,7-9H,2,4,6,10H2,1H3. The van der Waals surface area contributed by atoms with E-state index in [0.717, 1.165) is 6.67 Å². The Hall–Kier alpha value is -1.44. The highest BCUT2D eigenvalue weighted by Crippen LogP contribution is 2.32. The summed E-state index contributed by atoms with van der Waals surface area (Å²) in [6, 6.07) is 6.70. The fourth-order valence-corrected chi connectivity index (χ4v) is 2.55. The van der Waals surface area contributed by atoms with Crippen LogP contribution in [0.2, 0.25) is 0 Å². The lowest BCUT2D eigenvalue weighted by molar-refractivity contribution is 0.495. The summed E-state index contributed by atoms with van der Waals surface area (Å²) in [6.07, 6.45) is 8.14. The van der Waals surface area contributed by atoms with Crippen molar-refractivity contribution < 1.29 is 0 Å². The lowest BCUT2D eigenvalue weighted by Gasteiger charge is -2.21. The van der Waals surface area contributed by atoms with Crippen LogP contribution in [-0.4, -0.2) is 18.6 Å². The van der Waals surface area contributed by atoms with Gasteiger partial charge in [-0.25, -0.2) is 0 Å². The molecular weight excluding hydrogens is 184 g/mol. The first-order valence-electron chi connectivity index (χ1n) is 5.60. The molecule has 1 aromatic rings. The molecule has 0 N–H and O–H groups in total. The van der Waals surface area contributed by atoms with Crippen LogP contribution in [-0.2, 0) is 12.8 Å². The van der Waals surface area contributed by atoms with E-state index in [1.807, 2.05) is 0 Å². The van der Waals surface area contributed by atoms with Gasteiger partial charge in [0.25, 0.3) is 0 Å². The maximum atomic E-state index is 2.34. The molecule has 0 saturated heterocycles. The van der Waals surface area contributed by atoms with Crippen molar-refractivity contribution in [2.45, 2.75) is 19.3 Å². The Kier molecular flexibility index (Phi) is 1.94. The Morgan fingerprint density at radius 1 is 1.13 bits per heavy atom. The molecule has 0 amide bonds. The van der Waals surface area contributed by atoms with E-state index in [2.05, 4.69) is 47.4 Å². The van der Waals surface area contributed by atoms with E-state index >= 15 is 0 Å². The molecule has 0 atom stereocenters. The van der Waals surface area contributed by atoms with Gasteiger partial charge < -0.3 is 9.80 Å². The van der Waals surface area contributed by atoms with Crippen molar-refractivity contribution in [3.05, 3.63) is 41.7 Å². The number of aryl methyl sites for hydroxylation is 1. The van der Waals surface area contributed by atoms with Gasteiger partial charge in [-0.05, 0) is 36.5 Å². The summed E-state index contributed by atoms with van der Waals surface area (Å²) in [7, 11) is 2.11. The quantitative estimate of drug-likeness (QED) is 0.686. The van der Waals surface area contributed by atoms with E-state index in [9.17, 15) is 0 Å². The molecule has 0 spiro atoms. The van der Waals surface area contributed by atoms with Gasteiger partial charge in [0.15, 0.2) is 0 Å². The number of rotatable bonds is 1. The lowest BCUT2D eigenvalue weighted by Crippen LogP contribution is -2.22. The Labute approximate surface area is 90.8 Å². The van der Waals surface area contributed by atoms with Gasteiger partial charge in [-0.3, -0.25) is 0 Å². The molecule has 0 unspecified atom stereocenters. The summed E-state index contributed by atoms with van der Waals surface area (Å²) in [4.78, 5) is 4.54. The van der Waals surface area contributed by atoms with Crippen LogP contribution in [0.3, 0.4) is 0 Å². The van der Waals surface area contributed by atoms with Crippen molar-refractivity contribution in [2.75, 3.05) is 18.6 Å². The maximum absolute atomic E-state index is 2.34. The van der Waals surface area contributed by atoms with E-state index < -0.39 is 0 Å². The van der Waals surface area contributed by atoms with E-state index in [4.69, 9.17) is 0 Å². The van der Waals surface area contributed by atoms with Crippen molar-refractivity contribution in [1.82, 2.24) is 4.90 Å². The molecule has 0 fully saturated rings. The van der Waals surface area contributed by atoms with E-state index in [0.29, 0.717) is 0 Å². The summed E-state index contributed by atoms with van der Waals surface area (Å²) >= 11 is 0. The minimum atomic E-state index is 0.983. The van der Waals surface area contributed by atoms with Crippen LogP contribution in [0, 0.1) is 0 Å². The Morgan fingerprint density at radius 2 is 2.07 bits per heavy atom. The second-order valence-corrected chi connectivity index (χ2v) is 4.43. The molecule has 0 aromatic heterocycles. The predicted octanol–water partition coefficient (Wildman–Crippen LogP) is 2.36. The minimum absolute atomic E-state index is 0.983. The van der Waals surface area contributed by atoms with Crippen molar-refractivity contribution in [2.24, 2.45) is 0 Å². The van der Waals surface area contributed by atoms with E-state index in [1.165, 1.54) is 24.9 Å². The maximum Gasteiger partial charge on any atom is 0.0939 e. The van der Waals surface area contributed by atoms with Crippen LogP contribution in [0.1, 0.15) is 17.5 Å². The molecule has 15 heavy (non-hydrogen) atoms. The second kappa shape index (κ2) is 3.30. The number of anilines is 1. The highest BCUT2D eigenvalue weighted by molar-refractivity contribution is 5.60. The minimum Gasteiger partial charge on any atom is -0.361 e. The topological polar surface area (TPSA) is 6.48 Å². The van der Waals surface area contributed by atoms with Gasteiger partial charge in [0.2, 0.25) is 0 Å². The fourth-order valence-electron chi connectivity index (χ4n) is 2.55. The molecule has 0 radical (unpaired) electrons. The first-order valence-corrected chi connectivity index (χ1v) is 5.60. The zero-order valence-corrected chi connectivity index (χ0v) is 9.11. The highest BCUT2D eigenvalue weighted by atomic mass is 15.3. The summed E-state index contributed by atoms with van der Waals surface area (Å²) in [5, 5.41) is 0. The van der Waals surface area contributed by atoms with Crippen LogP contribution in [0.25, 0.3) is 0 Å². The van der Waals surface area contributed by atoms with Crippen molar-refractivity contribution in [1.29, 1.82) is 0 Å². The van der Waals surface area contributed by atoms with Gasteiger partial charge >= 0.3 is 0 Å². The number of nitrogens with zero attached hydrogens (tertiary/aromatic N) is 2. The average Bonchev–Trinajstić information content (AvgIpc) is 2.84. The first kappa shape index (κ1) is 8.84. The smallest absolute Gasteiger partial charge is 0.0939 e. The first-order chi connectivity index (χ1) is 7.34. The highest BCUT2D eigenvalue weighted by Gasteiger charge is 2.19. The zero-order valence-electron chi connectivity index (χ0n) is 9.11. The molecule has 2 aliphatic rings. The summed E-state index contributed by atoms with van der Waals surface area (Å²) in [5.41, 5.74) is 4.53. The third-order valence-electron chi connectivity index (χ3n) is 3.31. The molecule has 1 aliphatic carbocycles. The Balaban J connectivity index is 1.99. The number of fused-ring (bicyclic) bond motifs is 1. The van der Waals surface area contributed by atoms with Crippen molar-refractivity contribution in [3.63, 3.8) is 0 Å². The van der Waals surface area contributed by atoms with Gasteiger partial charge in [0.05, 0.1) is 6.67 Å². The number of hydrogen-bond acceptors (Lipinski definition) is 2. The molecule has 0 bridgehead atoms. The van der Waals surface area contributed by atoms with Gasteiger partial charge in [-0.2, -0.15) is 0 Å². The fraction of sp³-hybridized carbons (Fsp3) is 0.385. The van der Waals surface area contributed by atoms with Crippen LogP contribution in [0.4, 0.5) is 5.69 Å². The summed E-state index contributed by atoms with van der Waals surface area (Å²) in [6.45, 7) is 0.983. The van der Waals surface area contributed by atoms with Gasteiger partial charge in [0.1, 0.15) is 0 Å². The van der Waals surface area contributed by atoms with Crippen molar-refractivity contribution >= 4 is 5.69 Å².